The number of hydrogen-bond donors (Lipinski definition) is 3. The van der Waals surface area contributed by atoms with Crippen LogP contribution in [0, 0.1) is 0 Å². The number of carbonyl (C=O) groups is 2. The van der Waals surface area contributed by atoms with E-state index in [4.69, 9.17) is 5.73 Å². The Morgan fingerprint density at radius 2 is 1.32 bits per heavy atom. The number of primary amides is 1. The summed E-state index contributed by atoms with van der Waals surface area (Å²) in [7, 11) is 0. The molecule has 3 amide bonds. The monoisotopic (exact) mass is 405 g/mol. The number of imide groups is 1. The second-order valence-corrected chi connectivity index (χ2v) is 6.87. The summed E-state index contributed by atoms with van der Waals surface area (Å²) in [5, 5.41) is 5.34. The molecule has 6 heteroatoms. The van der Waals surface area contributed by atoms with E-state index in [0.717, 1.165) is 11.4 Å². The van der Waals surface area contributed by atoms with Gasteiger partial charge in [-0.1, -0.05) is 66.2 Å². The van der Waals surface area contributed by atoms with E-state index in [-0.39, 0.29) is 5.91 Å². The molecule has 0 heterocycles. The first-order valence-electron chi connectivity index (χ1n) is 8.08. The zero-order valence-corrected chi connectivity index (χ0v) is 16.0. The minimum atomic E-state index is -0.814. The molecule has 0 bridgehead atoms. The summed E-state index contributed by atoms with van der Waals surface area (Å²) in [5.41, 5.74) is 7.05. The lowest BCUT2D eigenvalue weighted by molar-refractivity contribution is -0.122. The van der Waals surface area contributed by atoms with E-state index in [1.807, 2.05) is 79.8 Å². The predicted molar refractivity (Wildman–Crippen MR) is 106 cm³/mol. The fourth-order valence-corrected chi connectivity index (χ4v) is 2.10. The topological polar surface area (TPSA) is 84.2 Å². The van der Waals surface area contributed by atoms with Gasteiger partial charge in [-0.2, -0.15) is 0 Å². The molecule has 0 aliphatic heterocycles. The summed E-state index contributed by atoms with van der Waals surface area (Å²) >= 11 is 3.26. The summed E-state index contributed by atoms with van der Waals surface area (Å²) in [6, 6.07) is 19.5. The lowest BCUT2D eigenvalue weighted by atomic mass is 10.0. The van der Waals surface area contributed by atoms with Gasteiger partial charge in [0.15, 0.2) is 0 Å². The molecule has 2 aromatic rings. The number of hydrogen-bond acceptors (Lipinski definition) is 3. The van der Waals surface area contributed by atoms with E-state index < -0.39 is 10.4 Å². The van der Waals surface area contributed by atoms with Crippen molar-refractivity contribution in [3.05, 3.63) is 60.7 Å². The Balaban J connectivity index is 0.000000252. The molecule has 0 spiro atoms. The minimum Gasteiger partial charge on any atom is -0.356 e. The number of rotatable bonds is 5. The number of anilines is 2. The number of nitrogens with one attached hydrogen (secondary N) is 2. The Morgan fingerprint density at radius 3 is 1.64 bits per heavy atom. The fourth-order valence-electron chi connectivity index (χ4n) is 2.00. The number of para-hydroxylation sites is 2. The van der Waals surface area contributed by atoms with Crippen LogP contribution in [-0.2, 0) is 4.79 Å². The maximum absolute atomic E-state index is 11.3. The molecule has 2 rings (SSSR count). The highest BCUT2D eigenvalue weighted by Crippen LogP contribution is 2.26. The van der Waals surface area contributed by atoms with Crippen molar-refractivity contribution in [1.29, 1.82) is 0 Å². The zero-order chi connectivity index (χ0) is 18.7. The van der Waals surface area contributed by atoms with E-state index in [0.29, 0.717) is 12.8 Å². The first-order chi connectivity index (χ1) is 11.9. The molecule has 25 heavy (non-hydrogen) atoms. The number of nitrogens with two attached hydrogens (primary N) is 1. The van der Waals surface area contributed by atoms with Gasteiger partial charge in [-0.3, -0.25) is 10.1 Å². The van der Waals surface area contributed by atoms with Gasteiger partial charge in [0, 0.05) is 11.4 Å². The molecule has 0 saturated carbocycles. The van der Waals surface area contributed by atoms with Gasteiger partial charge in [-0.25, -0.2) is 4.79 Å². The van der Waals surface area contributed by atoms with Crippen molar-refractivity contribution >= 4 is 39.2 Å². The molecule has 5 nitrogen and oxygen atoms in total. The molecule has 4 N–H and O–H groups in total. The highest BCUT2D eigenvalue weighted by atomic mass is 79.9. The molecule has 0 aliphatic carbocycles. The lowest BCUT2D eigenvalue weighted by Gasteiger charge is -2.21. The van der Waals surface area contributed by atoms with Crippen LogP contribution >= 0.6 is 15.9 Å². The van der Waals surface area contributed by atoms with Crippen LogP contribution in [0.25, 0.3) is 0 Å². The van der Waals surface area contributed by atoms with Crippen molar-refractivity contribution < 1.29 is 9.59 Å². The van der Waals surface area contributed by atoms with Crippen LogP contribution in [0.2, 0.25) is 0 Å². The van der Waals surface area contributed by atoms with E-state index in [9.17, 15) is 9.59 Å². The van der Waals surface area contributed by atoms with Gasteiger partial charge in [0.2, 0.25) is 5.91 Å². The summed E-state index contributed by atoms with van der Waals surface area (Å²) in [4.78, 5) is 21.6. The molecule has 0 radical (unpaired) electrons. The van der Waals surface area contributed by atoms with Crippen molar-refractivity contribution in [3.8, 4) is 0 Å². The number of benzene rings is 2. The van der Waals surface area contributed by atoms with Gasteiger partial charge in [-0.15, -0.1) is 0 Å². The quantitative estimate of drug-likeness (QED) is 0.637. The third kappa shape index (κ3) is 7.39. The average Bonchev–Trinajstić information content (AvgIpc) is 2.62. The molecule has 0 fully saturated rings. The number of halogens is 1. The van der Waals surface area contributed by atoms with Gasteiger partial charge in [0.05, 0.1) is 0 Å². The summed E-state index contributed by atoms with van der Waals surface area (Å²) in [6.45, 7) is 3.72. The Kier molecular flexibility index (Phi) is 8.70. The maximum Gasteiger partial charge on any atom is 0.318 e. The normalized spacial score (nSPS) is 10.2. The second kappa shape index (κ2) is 10.5. The van der Waals surface area contributed by atoms with E-state index in [1.165, 1.54) is 0 Å². The van der Waals surface area contributed by atoms with Crippen molar-refractivity contribution in [2.75, 3.05) is 5.32 Å². The van der Waals surface area contributed by atoms with Gasteiger partial charge >= 0.3 is 6.03 Å². The number of alkyl halides is 1. The van der Waals surface area contributed by atoms with Crippen LogP contribution in [0.15, 0.2) is 60.7 Å². The standard InChI is InChI=1S/C12H11N.C7H13BrN2O2/c1-3-7-11(8-4-1)13-12-9-5-2-6-10-12;1-3-7(8,4-2)5(11)10-6(9)12/h1-10,13H;3-4H2,1-2H3,(H3,9,10,11,12). The second-order valence-electron chi connectivity index (χ2n) is 5.35. The van der Waals surface area contributed by atoms with Gasteiger partial charge < -0.3 is 11.1 Å². The maximum atomic E-state index is 11.3. The summed E-state index contributed by atoms with van der Waals surface area (Å²) < 4.78 is -0.665. The Hall–Kier alpha value is -2.34. The van der Waals surface area contributed by atoms with Crippen LogP contribution in [0.5, 0.6) is 0 Å². The number of urea groups is 1. The zero-order valence-electron chi connectivity index (χ0n) is 14.5. The highest BCUT2D eigenvalue weighted by Gasteiger charge is 2.32. The molecular formula is C19H24BrN3O2. The predicted octanol–water partition coefficient (Wildman–Crippen LogP) is 4.57. The Morgan fingerprint density at radius 1 is 0.920 bits per heavy atom. The van der Waals surface area contributed by atoms with Crippen LogP contribution < -0.4 is 16.4 Å². The van der Waals surface area contributed by atoms with Crippen molar-refractivity contribution in [3.63, 3.8) is 0 Å². The molecule has 2 aromatic carbocycles. The van der Waals surface area contributed by atoms with E-state index in [2.05, 4.69) is 21.2 Å². The van der Waals surface area contributed by atoms with E-state index in [1.54, 1.807) is 0 Å². The van der Waals surface area contributed by atoms with Crippen LogP contribution in [0.4, 0.5) is 16.2 Å². The van der Waals surface area contributed by atoms with Gasteiger partial charge in [0.25, 0.3) is 0 Å². The van der Waals surface area contributed by atoms with Crippen LogP contribution in [-0.4, -0.2) is 16.3 Å². The SMILES string of the molecule is CCC(Br)(CC)C(=O)NC(N)=O.c1ccc(Nc2ccccc2)cc1. The average molecular weight is 406 g/mol. The molecule has 134 valence electrons. The van der Waals surface area contributed by atoms with Gasteiger partial charge in [-0.05, 0) is 37.1 Å². The Labute approximate surface area is 157 Å². The third-order valence-corrected chi connectivity index (χ3v) is 5.08. The molecular weight excluding hydrogens is 382 g/mol. The largest absolute Gasteiger partial charge is 0.356 e. The van der Waals surface area contributed by atoms with Crippen molar-refractivity contribution in [2.24, 2.45) is 5.73 Å². The van der Waals surface area contributed by atoms with Crippen molar-refractivity contribution in [2.45, 2.75) is 31.0 Å². The summed E-state index contributed by atoms with van der Waals surface area (Å²) in [5.74, 6) is -0.375. The summed E-state index contributed by atoms with van der Waals surface area (Å²) in [6.07, 6.45) is 1.23. The van der Waals surface area contributed by atoms with Crippen LogP contribution in [0.1, 0.15) is 26.7 Å². The number of amides is 3. The molecule has 0 aliphatic rings. The van der Waals surface area contributed by atoms with Crippen LogP contribution in [0.3, 0.4) is 0 Å². The van der Waals surface area contributed by atoms with E-state index >= 15 is 0 Å². The Bertz CT molecular complexity index is 621. The first-order valence-corrected chi connectivity index (χ1v) is 8.87. The third-order valence-electron chi connectivity index (χ3n) is 3.60. The minimum absolute atomic E-state index is 0.375. The lowest BCUT2D eigenvalue weighted by Crippen LogP contribution is -2.46. The molecule has 0 unspecified atom stereocenters. The highest BCUT2D eigenvalue weighted by molar-refractivity contribution is 9.10. The molecule has 0 saturated heterocycles. The smallest absolute Gasteiger partial charge is 0.318 e. The molecule has 0 atom stereocenters. The molecule has 0 aromatic heterocycles. The number of carbonyl (C=O) groups excluding carboxylic acids is 2. The van der Waals surface area contributed by atoms with Crippen molar-refractivity contribution in [1.82, 2.24) is 5.32 Å². The first kappa shape index (κ1) is 20.7. The fraction of sp³-hybridized carbons (Fsp3) is 0.263. The van der Waals surface area contributed by atoms with Gasteiger partial charge in [0.1, 0.15) is 4.32 Å².